The molecule has 6 aromatic rings. The molecule has 5 aromatic carbocycles. The molecule has 0 unspecified atom stereocenters. The maximum atomic E-state index is 2.59. The number of aromatic nitrogens is 1. The normalized spacial score (nSPS) is 24.4. The summed E-state index contributed by atoms with van der Waals surface area (Å²) in [6.45, 7) is 0. The predicted octanol–water partition coefficient (Wildman–Crippen LogP) is 10.7. The minimum absolute atomic E-state index is 0.409. The van der Waals surface area contributed by atoms with Crippen molar-refractivity contribution in [3.8, 4) is 5.69 Å². The standard InChI is InChI=1S/C40H36N2/c1-3-9-32(10-4-1)41(33-11-5-2-6-12-33)34-16-18-35(19-17-34)42-38-14-8-7-13-36(38)37-24-31(15-20-39(37)42)40-25-28-21-29(26-40)23-30(22-28)27-40/h1-20,24,28-30H,21-23,25-27H2. The minimum Gasteiger partial charge on any atom is -0.311 e. The van der Waals surface area contributed by atoms with Crippen molar-refractivity contribution in [1.29, 1.82) is 0 Å². The molecule has 2 heteroatoms. The number of nitrogens with zero attached hydrogens (tertiary/aromatic N) is 2. The highest BCUT2D eigenvalue weighted by Gasteiger charge is 2.51. The van der Waals surface area contributed by atoms with Crippen LogP contribution in [-0.2, 0) is 5.41 Å². The molecule has 1 heterocycles. The molecule has 206 valence electrons. The van der Waals surface area contributed by atoms with Crippen molar-refractivity contribution in [1.82, 2.24) is 4.57 Å². The van der Waals surface area contributed by atoms with Crippen LogP contribution >= 0.6 is 0 Å². The fourth-order valence-corrected chi connectivity index (χ4v) is 9.40. The summed E-state index contributed by atoms with van der Waals surface area (Å²) >= 11 is 0. The molecule has 0 amide bonds. The molecule has 0 N–H and O–H groups in total. The zero-order valence-electron chi connectivity index (χ0n) is 24.0. The van der Waals surface area contributed by atoms with Crippen LogP contribution in [0.1, 0.15) is 44.1 Å². The third-order valence-corrected chi connectivity index (χ3v) is 10.7. The first kappa shape index (κ1) is 24.3. The third kappa shape index (κ3) is 3.78. The van der Waals surface area contributed by atoms with E-state index in [-0.39, 0.29) is 0 Å². The Morgan fingerprint density at radius 1 is 0.500 bits per heavy atom. The van der Waals surface area contributed by atoms with E-state index in [0.29, 0.717) is 5.41 Å². The number of benzene rings is 5. The van der Waals surface area contributed by atoms with Gasteiger partial charge in [-0.2, -0.15) is 0 Å². The lowest BCUT2D eigenvalue weighted by atomic mass is 9.48. The molecule has 4 bridgehead atoms. The Labute approximate surface area is 248 Å². The molecular formula is C40H36N2. The summed E-state index contributed by atoms with van der Waals surface area (Å²) in [6, 6.07) is 46.9. The van der Waals surface area contributed by atoms with E-state index in [1.165, 1.54) is 66.0 Å². The van der Waals surface area contributed by atoms with Crippen LogP contribution in [0.3, 0.4) is 0 Å². The van der Waals surface area contributed by atoms with Gasteiger partial charge in [-0.05, 0) is 134 Å². The van der Waals surface area contributed by atoms with Crippen LogP contribution in [0.4, 0.5) is 17.1 Å². The van der Waals surface area contributed by atoms with Gasteiger partial charge in [0.05, 0.1) is 11.0 Å². The molecule has 4 saturated carbocycles. The smallest absolute Gasteiger partial charge is 0.0541 e. The van der Waals surface area contributed by atoms with E-state index in [9.17, 15) is 0 Å². The lowest BCUT2D eigenvalue weighted by molar-refractivity contribution is -0.00512. The Balaban J connectivity index is 1.15. The van der Waals surface area contributed by atoms with Crippen molar-refractivity contribution in [2.45, 2.75) is 43.9 Å². The van der Waals surface area contributed by atoms with Gasteiger partial charge in [0.2, 0.25) is 0 Å². The van der Waals surface area contributed by atoms with Gasteiger partial charge in [-0.25, -0.2) is 0 Å². The molecule has 0 atom stereocenters. The number of anilines is 3. The van der Waals surface area contributed by atoms with Crippen molar-refractivity contribution >= 4 is 38.9 Å². The van der Waals surface area contributed by atoms with Crippen LogP contribution in [-0.4, -0.2) is 4.57 Å². The van der Waals surface area contributed by atoms with Gasteiger partial charge in [-0.15, -0.1) is 0 Å². The summed E-state index contributed by atoms with van der Waals surface area (Å²) < 4.78 is 2.47. The average Bonchev–Trinajstić information content (AvgIpc) is 3.36. The lowest BCUT2D eigenvalue weighted by Crippen LogP contribution is -2.48. The van der Waals surface area contributed by atoms with Crippen LogP contribution in [0.15, 0.2) is 127 Å². The number of rotatable bonds is 5. The van der Waals surface area contributed by atoms with E-state index in [2.05, 4.69) is 137 Å². The van der Waals surface area contributed by atoms with Crippen LogP contribution in [0.25, 0.3) is 27.5 Å². The molecule has 0 spiro atoms. The van der Waals surface area contributed by atoms with Crippen molar-refractivity contribution in [3.63, 3.8) is 0 Å². The second kappa shape index (κ2) is 9.36. The van der Waals surface area contributed by atoms with Crippen molar-refractivity contribution in [3.05, 3.63) is 133 Å². The van der Waals surface area contributed by atoms with Crippen molar-refractivity contribution < 1.29 is 0 Å². The first-order valence-electron chi connectivity index (χ1n) is 15.8. The van der Waals surface area contributed by atoms with E-state index < -0.39 is 0 Å². The van der Waals surface area contributed by atoms with Crippen molar-refractivity contribution in [2.75, 3.05) is 4.90 Å². The number of hydrogen-bond acceptors (Lipinski definition) is 1. The summed E-state index contributed by atoms with van der Waals surface area (Å²) in [4.78, 5) is 2.33. The summed E-state index contributed by atoms with van der Waals surface area (Å²) in [5.74, 6) is 2.87. The molecule has 4 aliphatic carbocycles. The van der Waals surface area contributed by atoms with Gasteiger partial charge in [0.15, 0.2) is 0 Å². The zero-order chi connectivity index (χ0) is 27.7. The molecule has 1 aromatic heterocycles. The minimum atomic E-state index is 0.409. The molecule has 4 fully saturated rings. The van der Waals surface area contributed by atoms with Gasteiger partial charge in [0, 0.05) is 33.5 Å². The van der Waals surface area contributed by atoms with Crippen LogP contribution in [0, 0.1) is 17.8 Å². The Bertz CT molecular complexity index is 1820. The molecule has 0 aliphatic heterocycles. The van der Waals surface area contributed by atoms with Gasteiger partial charge in [-0.3, -0.25) is 0 Å². The largest absolute Gasteiger partial charge is 0.311 e. The van der Waals surface area contributed by atoms with Gasteiger partial charge < -0.3 is 9.47 Å². The Hall–Kier alpha value is -4.30. The quantitative estimate of drug-likeness (QED) is 0.210. The second-order valence-electron chi connectivity index (χ2n) is 13.3. The van der Waals surface area contributed by atoms with E-state index in [4.69, 9.17) is 0 Å². The summed E-state index contributed by atoms with van der Waals surface area (Å²) in [7, 11) is 0. The fourth-order valence-electron chi connectivity index (χ4n) is 9.40. The van der Waals surface area contributed by atoms with Gasteiger partial charge in [-0.1, -0.05) is 60.7 Å². The van der Waals surface area contributed by atoms with E-state index in [1.54, 1.807) is 5.56 Å². The van der Waals surface area contributed by atoms with E-state index >= 15 is 0 Å². The molecule has 4 aliphatic rings. The van der Waals surface area contributed by atoms with Gasteiger partial charge in [0.25, 0.3) is 0 Å². The maximum absolute atomic E-state index is 2.59. The highest BCUT2D eigenvalue weighted by atomic mass is 15.1. The molecule has 0 saturated heterocycles. The molecule has 10 rings (SSSR count). The first-order valence-corrected chi connectivity index (χ1v) is 15.8. The van der Waals surface area contributed by atoms with E-state index in [1.807, 2.05) is 0 Å². The van der Waals surface area contributed by atoms with Crippen molar-refractivity contribution in [2.24, 2.45) is 17.8 Å². The molecule has 42 heavy (non-hydrogen) atoms. The Morgan fingerprint density at radius 3 is 1.64 bits per heavy atom. The van der Waals surface area contributed by atoms with Crippen LogP contribution < -0.4 is 4.90 Å². The number of para-hydroxylation sites is 3. The first-order chi connectivity index (χ1) is 20.7. The van der Waals surface area contributed by atoms with Gasteiger partial charge in [0.1, 0.15) is 0 Å². The summed E-state index contributed by atoms with van der Waals surface area (Å²) in [5, 5.41) is 2.76. The monoisotopic (exact) mass is 544 g/mol. The second-order valence-corrected chi connectivity index (χ2v) is 13.3. The molecule has 0 radical (unpaired) electrons. The van der Waals surface area contributed by atoms with Crippen LogP contribution in [0.2, 0.25) is 0 Å². The van der Waals surface area contributed by atoms with E-state index in [0.717, 1.165) is 34.8 Å². The SMILES string of the molecule is c1ccc(N(c2ccccc2)c2ccc(-n3c4ccccc4c4cc(C56CC7CC(CC(C7)C5)C6)ccc43)cc2)cc1. The Morgan fingerprint density at radius 2 is 1.02 bits per heavy atom. The van der Waals surface area contributed by atoms with Gasteiger partial charge >= 0.3 is 0 Å². The predicted molar refractivity (Wildman–Crippen MR) is 175 cm³/mol. The third-order valence-electron chi connectivity index (χ3n) is 10.7. The highest BCUT2D eigenvalue weighted by molar-refractivity contribution is 6.09. The topological polar surface area (TPSA) is 8.17 Å². The highest BCUT2D eigenvalue weighted by Crippen LogP contribution is 2.61. The average molecular weight is 545 g/mol. The Kier molecular flexibility index (Phi) is 5.42. The lowest BCUT2D eigenvalue weighted by Gasteiger charge is -2.57. The molecule has 2 nitrogen and oxygen atoms in total. The number of hydrogen-bond donors (Lipinski definition) is 0. The summed E-state index contributed by atoms with van der Waals surface area (Å²) in [6.07, 6.45) is 8.69. The maximum Gasteiger partial charge on any atom is 0.0541 e. The zero-order valence-corrected chi connectivity index (χ0v) is 24.0. The van der Waals surface area contributed by atoms with Crippen LogP contribution in [0.5, 0.6) is 0 Å². The molecular weight excluding hydrogens is 508 g/mol. The number of fused-ring (bicyclic) bond motifs is 3. The summed E-state index contributed by atoms with van der Waals surface area (Å²) in [5.41, 5.74) is 9.28. The fraction of sp³-hybridized carbons (Fsp3) is 0.250.